The second-order valence-electron chi connectivity index (χ2n) is 6.20. The molecule has 1 heterocycles. The molecule has 3 rings (SSSR count). The van der Waals surface area contributed by atoms with Crippen molar-refractivity contribution in [2.45, 2.75) is 26.2 Å². The first-order valence-corrected chi connectivity index (χ1v) is 6.80. The lowest BCUT2D eigenvalue weighted by Crippen LogP contribution is -2.10. The summed E-state index contributed by atoms with van der Waals surface area (Å²) in [7, 11) is 0. The van der Waals surface area contributed by atoms with E-state index in [4.69, 9.17) is 0 Å². The molecule has 0 saturated carbocycles. The fourth-order valence-corrected chi connectivity index (χ4v) is 2.31. The van der Waals surface area contributed by atoms with Crippen LogP contribution in [0, 0.1) is 11.6 Å². The number of rotatable bonds is 1. The quantitative estimate of drug-likeness (QED) is 0.683. The molecule has 0 fully saturated rings. The van der Waals surface area contributed by atoms with E-state index in [9.17, 15) is 8.78 Å². The summed E-state index contributed by atoms with van der Waals surface area (Å²) in [5.74, 6) is -0.723. The zero-order valence-corrected chi connectivity index (χ0v) is 12.2. The number of aromatic nitrogens is 2. The van der Waals surface area contributed by atoms with E-state index in [-0.39, 0.29) is 10.9 Å². The standard InChI is InChI=1S/C17H16F2N2/c1-17(2,3)11-6-4-5-10(7-11)16-20-14-9-12(18)8-13(19)15(14)21-16/h4-9H,1-3H3,(H,20,21). The van der Waals surface area contributed by atoms with E-state index >= 15 is 0 Å². The summed E-state index contributed by atoms with van der Waals surface area (Å²) >= 11 is 0. The molecule has 2 aromatic carbocycles. The normalized spacial score (nSPS) is 12.0. The Bertz CT molecular complexity index is 813. The van der Waals surface area contributed by atoms with Crippen LogP contribution in [0.15, 0.2) is 36.4 Å². The Labute approximate surface area is 121 Å². The molecule has 21 heavy (non-hydrogen) atoms. The van der Waals surface area contributed by atoms with Gasteiger partial charge in [0, 0.05) is 11.6 Å². The average Bonchev–Trinajstić information content (AvgIpc) is 2.82. The van der Waals surface area contributed by atoms with Crippen LogP contribution in [0.2, 0.25) is 0 Å². The third kappa shape index (κ3) is 2.53. The third-order valence-electron chi connectivity index (χ3n) is 3.51. The first kappa shape index (κ1) is 13.7. The summed E-state index contributed by atoms with van der Waals surface area (Å²) in [6, 6.07) is 10.0. The van der Waals surface area contributed by atoms with Gasteiger partial charge < -0.3 is 4.98 Å². The van der Waals surface area contributed by atoms with Crippen LogP contribution >= 0.6 is 0 Å². The minimum atomic E-state index is -0.653. The molecule has 0 radical (unpaired) electrons. The largest absolute Gasteiger partial charge is 0.338 e. The molecule has 1 N–H and O–H groups in total. The number of H-pyrrole nitrogens is 1. The zero-order chi connectivity index (χ0) is 15.2. The zero-order valence-electron chi connectivity index (χ0n) is 12.2. The predicted octanol–water partition coefficient (Wildman–Crippen LogP) is 4.81. The van der Waals surface area contributed by atoms with E-state index in [2.05, 4.69) is 30.7 Å². The van der Waals surface area contributed by atoms with E-state index in [0.29, 0.717) is 11.3 Å². The summed E-state index contributed by atoms with van der Waals surface area (Å²) in [4.78, 5) is 7.23. The monoisotopic (exact) mass is 286 g/mol. The number of hydrogen-bond acceptors (Lipinski definition) is 1. The SMILES string of the molecule is CC(C)(C)c1cccc(-c2nc3c(F)cc(F)cc3[nH]2)c1. The molecule has 0 saturated heterocycles. The van der Waals surface area contributed by atoms with Crippen molar-refractivity contribution in [2.75, 3.05) is 0 Å². The molecule has 0 atom stereocenters. The number of benzene rings is 2. The number of halogens is 2. The third-order valence-corrected chi connectivity index (χ3v) is 3.51. The van der Waals surface area contributed by atoms with Crippen molar-refractivity contribution in [2.24, 2.45) is 0 Å². The van der Waals surface area contributed by atoms with Crippen molar-refractivity contribution in [3.05, 3.63) is 53.6 Å². The molecule has 0 amide bonds. The van der Waals surface area contributed by atoms with Gasteiger partial charge in [0.1, 0.15) is 17.2 Å². The summed E-state index contributed by atoms with van der Waals surface area (Å²) < 4.78 is 27.0. The van der Waals surface area contributed by atoms with Crippen LogP contribution in [-0.4, -0.2) is 9.97 Å². The van der Waals surface area contributed by atoms with Gasteiger partial charge in [0.2, 0.25) is 0 Å². The summed E-state index contributed by atoms with van der Waals surface area (Å²) in [6.07, 6.45) is 0. The highest BCUT2D eigenvalue weighted by Gasteiger charge is 2.16. The lowest BCUT2D eigenvalue weighted by molar-refractivity contribution is 0.590. The highest BCUT2D eigenvalue weighted by Crippen LogP contribution is 2.28. The van der Waals surface area contributed by atoms with Gasteiger partial charge in [-0.15, -0.1) is 0 Å². The summed E-state index contributed by atoms with van der Waals surface area (Å²) in [6.45, 7) is 6.37. The number of nitrogens with zero attached hydrogens (tertiary/aromatic N) is 1. The average molecular weight is 286 g/mol. The number of nitrogens with one attached hydrogen (secondary N) is 1. The van der Waals surface area contributed by atoms with Gasteiger partial charge in [-0.3, -0.25) is 0 Å². The van der Waals surface area contributed by atoms with Crippen LogP contribution in [0.3, 0.4) is 0 Å². The summed E-state index contributed by atoms with van der Waals surface area (Å²) in [5.41, 5.74) is 2.56. The van der Waals surface area contributed by atoms with Crippen LogP contribution in [0.1, 0.15) is 26.3 Å². The number of hydrogen-bond donors (Lipinski definition) is 1. The van der Waals surface area contributed by atoms with E-state index in [1.165, 1.54) is 6.07 Å². The molecule has 0 aliphatic heterocycles. The first-order chi connectivity index (χ1) is 9.84. The van der Waals surface area contributed by atoms with Gasteiger partial charge in [-0.05, 0) is 23.1 Å². The Balaban J connectivity index is 2.15. The maximum Gasteiger partial charge on any atom is 0.153 e. The fourth-order valence-electron chi connectivity index (χ4n) is 2.31. The molecule has 2 nitrogen and oxygen atoms in total. The Morgan fingerprint density at radius 2 is 1.81 bits per heavy atom. The predicted molar refractivity (Wildman–Crippen MR) is 80.1 cm³/mol. The Morgan fingerprint density at radius 3 is 2.52 bits per heavy atom. The Hall–Kier alpha value is -2.23. The van der Waals surface area contributed by atoms with Gasteiger partial charge in [-0.2, -0.15) is 0 Å². The van der Waals surface area contributed by atoms with Gasteiger partial charge in [0.25, 0.3) is 0 Å². The smallest absolute Gasteiger partial charge is 0.153 e. The minimum absolute atomic E-state index is 0.0133. The van der Waals surface area contributed by atoms with E-state index in [0.717, 1.165) is 17.2 Å². The highest BCUT2D eigenvalue weighted by atomic mass is 19.1. The molecule has 3 aromatic rings. The van der Waals surface area contributed by atoms with Crippen LogP contribution in [0.25, 0.3) is 22.4 Å². The maximum atomic E-state index is 13.7. The lowest BCUT2D eigenvalue weighted by Gasteiger charge is -2.19. The van der Waals surface area contributed by atoms with Gasteiger partial charge >= 0.3 is 0 Å². The van der Waals surface area contributed by atoms with Crippen molar-refractivity contribution in [1.29, 1.82) is 0 Å². The van der Waals surface area contributed by atoms with Gasteiger partial charge in [0.05, 0.1) is 5.52 Å². The second-order valence-corrected chi connectivity index (χ2v) is 6.20. The molecule has 0 spiro atoms. The lowest BCUT2D eigenvalue weighted by atomic mass is 9.86. The molecule has 4 heteroatoms. The van der Waals surface area contributed by atoms with Crippen LogP contribution < -0.4 is 0 Å². The van der Waals surface area contributed by atoms with Crippen LogP contribution in [0.4, 0.5) is 8.78 Å². The van der Waals surface area contributed by atoms with Crippen molar-refractivity contribution < 1.29 is 8.78 Å². The van der Waals surface area contributed by atoms with E-state index < -0.39 is 11.6 Å². The molecule has 0 unspecified atom stereocenters. The number of fused-ring (bicyclic) bond motifs is 1. The molecular formula is C17H16F2N2. The number of imidazole rings is 1. The van der Waals surface area contributed by atoms with Crippen LogP contribution in [0.5, 0.6) is 0 Å². The van der Waals surface area contributed by atoms with E-state index in [1.54, 1.807) is 0 Å². The van der Waals surface area contributed by atoms with Crippen LogP contribution in [-0.2, 0) is 5.41 Å². The van der Waals surface area contributed by atoms with Crippen molar-refractivity contribution >= 4 is 11.0 Å². The second kappa shape index (κ2) is 4.65. The topological polar surface area (TPSA) is 28.7 Å². The van der Waals surface area contributed by atoms with Gasteiger partial charge in [-0.1, -0.05) is 39.0 Å². The van der Waals surface area contributed by atoms with Crippen molar-refractivity contribution in [1.82, 2.24) is 9.97 Å². The minimum Gasteiger partial charge on any atom is -0.338 e. The Kier molecular flexibility index (Phi) is 3.04. The highest BCUT2D eigenvalue weighted by molar-refractivity contribution is 5.80. The van der Waals surface area contributed by atoms with Gasteiger partial charge in [0.15, 0.2) is 5.82 Å². The summed E-state index contributed by atoms with van der Waals surface area (Å²) in [5, 5.41) is 0. The fraction of sp³-hybridized carbons (Fsp3) is 0.235. The first-order valence-electron chi connectivity index (χ1n) is 6.80. The molecular weight excluding hydrogens is 270 g/mol. The van der Waals surface area contributed by atoms with Crippen molar-refractivity contribution in [3.63, 3.8) is 0 Å². The molecule has 0 aliphatic rings. The molecule has 0 aliphatic carbocycles. The molecule has 108 valence electrons. The van der Waals surface area contributed by atoms with Gasteiger partial charge in [-0.25, -0.2) is 13.8 Å². The maximum absolute atomic E-state index is 13.7. The molecule has 1 aromatic heterocycles. The molecule has 0 bridgehead atoms. The van der Waals surface area contributed by atoms with E-state index in [1.807, 2.05) is 24.3 Å². The number of aromatic amines is 1. The van der Waals surface area contributed by atoms with Crippen molar-refractivity contribution in [3.8, 4) is 11.4 Å². The Morgan fingerprint density at radius 1 is 1.05 bits per heavy atom.